The first-order chi connectivity index (χ1) is 13.5. The summed E-state index contributed by atoms with van der Waals surface area (Å²) in [4.78, 5) is 15.2. The zero-order valence-electron chi connectivity index (χ0n) is 15.4. The molecule has 2 heterocycles. The second-order valence-electron chi connectivity index (χ2n) is 6.93. The van der Waals surface area contributed by atoms with Gasteiger partial charge in [0.25, 0.3) is 0 Å². The zero-order chi connectivity index (χ0) is 19.4. The number of nitrogens with one attached hydrogen (secondary N) is 2. The number of carbonyl (C=O) groups excluding carboxylic acids is 1. The Morgan fingerprint density at radius 3 is 2.36 bits per heavy atom. The van der Waals surface area contributed by atoms with Crippen LogP contribution in [0.25, 0.3) is 0 Å². The molecule has 3 aliphatic rings. The summed E-state index contributed by atoms with van der Waals surface area (Å²) in [6.45, 7) is 3.80. The van der Waals surface area contributed by atoms with Crippen LogP contribution in [0.1, 0.15) is 13.8 Å². The van der Waals surface area contributed by atoms with Crippen LogP contribution < -0.4 is 10.6 Å². The van der Waals surface area contributed by atoms with Crippen LogP contribution in [0.3, 0.4) is 0 Å². The molecule has 0 saturated heterocycles. The fourth-order valence-corrected chi connectivity index (χ4v) is 5.79. The molecule has 5 rings (SSSR count). The Kier molecular flexibility index (Phi) is 4.07. The second-order valence-corrected chi connectivity index (χ2v) is 9.13. The molecule has 1 unspecified atom stereocenters. The third-order valence-electron chi connectivity index (χ3n) is 5.20. The van der Waals surface area contributed by atoms with Gasteiger partial charge in [-0.15, -0.1) is 0 Å². The highest BCUT2D eigenvalue weighted by molar-refractivity contribution is 8.03. The summed E-state index contributed by atoms with van der Waals surface area (Å²) in [7, 11) is 0. The van der Waals surface area contributed by atoms with Gasteiger partial charge in [-0.25, -0.2) is 0 Å². The van der Waals surface area contributed by atoms with Crippen molar-refractivity contribution < 1.29 is 9.90 Å². The summed E-state index contributed by atoms with van der Waals surface area (Å²) in [5, 5.41) is 18.4. The maximum absolute atomic E-state index is 12.9. The number of carbonyl (C=O) groups is 1. The number of fused-ring (bicyclic) bond motifs is 2. The maximum atomic E-state index is 12.9. The van der Waals surface area contributed by atoms with Crippen molar-refractivity contribution in [2.75, 3.05) is 10.6 Å². The van der Waals surface area contributed by atoms with Gasteiger partial charge < -0.3 is 15.7 Å². The van der Waals surface area contributed by atoms with Gasteiger partial charge in [-0.1, -0.05) is 47.8 Å². The van der Waals surface area contributed by atoms with Crippen molar-refractivity contribution in [2.45, 2.75) is 29.0 Å². The molecule has 0 saturated carbocycles. The Hall–Kier alpha value is -2.57. The van der Waals surface area contributed by atoms with Crippen molar-refractivity contribution in [3.8, 4) is 0 Å². The highest BCUT2D eigenvalue weighted by Gasteiger charge is 2.40. The summed E-state index contributed by atoms with van der Waals surface area (Å²) < 4.78 is 0. The van der Waals surface area contributed by atoms with E-state index >= 15 is 0 Å². The zero-order valence-corrected chi connectivity index (χ0v) is 17.0. The van der Waals surface area contributed by atoms with Gasteiger partial charge in [0.2, 0.25) is 5.78 Å². The van der Waals surface area contributed by atoms with E-state index in [4.69, 9.17) is 0 Å². The fraction of sp³-hybridized carbons (Fsp3) is 0.136. The third kappa shape index (κ3) is 2.59. The molecule has 2 aliphatic heterocycles. The Morgan fingerprint density at radius 1 is 1.00 bits per heavy atom. The van der Waals surface area contributed by atoms with Crippen LogP contribution in [-0.4, -0.2) is 16.3 Å². The topological polar surface area (TPSA) is 61.4 Å². The van der Waals surface area contributed by atoms with Gasteiger partial charge in [0.15, 0.2) is 0 Å². The van der Waals surface area contributed by atoms with Crippen molar-refractivity contribution >= 4 is 40.7 Å². The molecule has 0 spiro atoms. The number of para-hydroxylation sites is 2. The molecule has 6 heteroatoms. The summed E-state index contributed by atoms with van der Waals surface area (Å²) in [6.07, 6.45) is 0. The van der Waals surface area contributed by atoms with Gasteiger partial charge in [0.1, 0.15) is 5.76 Å². The van der Waals surface area contributed by atoms with Crippen LogP contribution >= 0.6 is 23.5 Å². The van der Waals surface area contributed by atoms with E-state index < -0.39 is 0 Å². The smallest absolute Gasteiger partial charge is 0.200 e. The fourth-order valence-electron chi connectivity index (χ4n) is 3.63. The lowest BCUT2D eigenvalue weighted by Crippen LogP contribution is -2.28. The van der Waals surface area contributed by atoms with E-state index in [0.29, 0.717) is 11.1 Å². The predicted molar refractivity (Wildman–Crippen MR) is 116 cm³/mol. The second kappa shape index (κ2) is 6.50. The average molecular weight is 407 g/mol. The lowest BCUT2D eigenvalue weighted by Gasteiger charge is -2.26. The lowest BCUT2D eigenvalue weighted by atomic mass is 9.81. The molecule has 4 nitrogen and oxygen atoms in total. The molecule has 0 bridgehead atoms. The molecule has 2 aromatic carbocycles. The SMILES string of the molecule is CC(=C1Nc2ccccc2S1)C1=C(O)C(=C(C)C2Nc3ccccc3S2)C1=O. The van der Waals surface area contributed by atoms with Crippen LogP contribution in [0, 0.1) is 0 Å². The van der Waals surface area contributed by atoms with Crippen LogP contribution in [-0.2, 0) is 4.79 Å². The molecular formula is C22H18N2O2S2. The molecule has 0 amide bonds. The van der Waals surface area contributed by atoms with E-state index in [-0.39, 0.29) is 16.9 Å². The molecule has 3 N–H and O–H groups in total. The molecule has 0 radical (unpaired) electrons. The van der Waals surface area contributed by atoms with Crippen LogP contribution in [0.5, 0.6) is 0 Å². The van der Waals surface area contributed by atoms with E-state index in [0.717, 1.165) is 37.3 Å². The molecular weight excluding hydrogens is 388 g/mol. The molecule has 1 aliphatic carbocycles. The normalized spacial score (nSPS) is 23.5. The van der Waals surface area contributed by atoms with Crippen molar-refractivity contribution in [2.24, 2.45) is 0 Å². The van der Waals surface area contributed by atoms with Crippen molar-refractivity contribution in [1.29, 1.82) is 0 Å². The number of benzene rings is 2. The number of anilines is 2. The van der Waals surface area contributed by atoms with Gasteiger partial charge in [0.05, 0.1) is 27.2 Å². The lowest BCUT2D eigenvalue weighted by molar-refractivity contribution is -0.113. The van der Waals surface area contributed by atoms with Gasteiger partial charge in [0, 0.05) is 15.5 Å². The number of ketones is 1. The first-order valence-corrected chi connectivity index (χ1v) is 10.7. The molecule has 1 atom stereocenters. The van der Waals surface area contributed by atoms with E-state index in [1.807, 2.05) is 56.3 Å². The summed E-state index contributed by atoms with van der Waals surface area (Å²) in [5.41, 5.74) is 4.60. The molecule has 0 aromatic heterocycles. The van der Waals surface area contributed by atoms with E-state index in [2.05, 4.69) is 16.7 Å². The van der Waals surface area contributed by atoms with Gasteiger partial charge >= 0.3 is 0 Å². The van der Waals surface area contributed by atoms with Crippen molar-refractivity contribution in [3.05, 3.63) is 81.6 Å². The molecule has 2 aromatic rings. The third-order valence-corrected chi connectivity index (χ3v) is 7.70. The Bertz CT molecular complexity index is 1080. The van der Waals surface area contributed by atoms with E-state index in [1.54, 1.807) is 23.5 Å². The van der Waals surface area contributed by atoms with Crippen molar-refractivity contribution in [1.82, 2.24) is 0 Å². The summed E-state index contributed by atoms with van der Waals surface area (Å²) in [6, 6.07) is 16.1. The molecule has 28 heavy (non-hydrogen) atoms. The number of hydrogen-bond donors (Lipinski definition) is 3. The predicted octanol–water partition coefficient (Wildman–Crippen LogP) is 5.69. The van der Waals surface area contributed by atoms with Crippen LogP contribution in [0.15, 0.2) is 91.4 Å². The molecule has 140 valence electrons. The highest BCUT2D eigenvalue weighted by atomic mass is 32.2. The van der Waals surface area contributed by atoms with Gasteiger partial charge in [-0.05, 0) is 49.3 Å². The number of thioether (sulfide) groups is 2. The van der Waals surface area contributed by atoms with Crippen LogP contribution in [0.4, 0.5) is 11.4 Å². The standard InChI is InChI=1S/C22H18N2O2S2/c1-11(21-23-13-7-3-5-9-15(13)27-21)17-19(25)18(20(17)26)12(2)22-24-14-8-4-6-10-16(14)28-22/h3-10,21,23-25H,1-2H3. The maximum Gasteiger partial charge on any atom is 0.200 e. The van der Waals surface area contributed by atoms with Gasteiger partial charge in [-0.2, -0.15) is 0 Å². The minimum Gasteiger partial charge on any atom is -0.506 e. The van der Waals surface area contributed by atoms with Gasteiger partial charge in [-0.3, -0.25) is 4.79 Å². The average Bonchev–Trinajstić information content (AvgIpc) is 3.32. The first kappa shape index (κ1) is 17.5. The van der Waals surface area contributed by atoms with E-state index in [1.165, 1.54) is 0 Å². The van der Waals surface area contributed by atoms with E-state index in [9.17, 15) is 9.90 Å². The monoisotopic (exact) mass is 406 g/mol. The number of allylic oxidation sites excluding steroid dienone is 3. The summed E-state index contributed by atoms with van der Waals surface area (Å²) in [5.74, 6) is 0.0147. The number of Topliss-reactive ketones (excluding diaryl/α,β-unsaturated/α-hetero) is 1. The minimum atomic E-state index is -0.0864. The largest absolute Gasteiger partial charge is 0.506 e. The van der Waals surface area contributed by atoms with Crippen molar-refractivity contribution in [3.63, 3.8) is 0 Å². The number of aliphatic hydroxyl groups is 1. The minimum absolute atomic E-state index is 0.0451. The first-order valence-electron chi connectivity index (χ1n) is 9.01. The molecule has 0 fully saturated rings. The Labute approximate surface area is 171 Å². The Balaban J connectivity index is 1.45. The quantitative estimate of drug-likeness (QED) is 0.557. The number of hydrogen-bond acceptors (Lipinski definition) is 6. The van der Waals surface area contributed by atoms with Crippen LogP contribution in [0.2, 0.25) is 0 Å². The summed E-state index contributed by atoms with van der Waals surface area (Å²) >= 11 is 3.26. The number of aliphatic hydroxyl groups excluding tert-OH is 1. The Morgan fingerprint density at radius 2 is 1.68 bits per heavy atom. The highest BCUT2D eigenvalue weighted by Crippen LogP contribution is 2.47. The number of rotatable bonds is 2.